The van der Waals surface area contributed by atoms with Crippen LogP contribution in [0.1, 0.15) is 29.0 Å². The molecule has 1 aliphatic rings. The fourth-order valence-corrected chi connectivity index (χ4v) is 2.87. The van der Waals surface area contributed by atoms with Crippen LogP contribution in [0, 0.1) is 0 Å². The standard InChI is InChI=1S/C15H13ClO/c16-11-6-8-15(17)14(9-11)13-7-5-10-3-1-2-4-12(10)13/h1-4,6,8-9,13,17H,5,7H2. The summed E-state index contributed by atoms with van der Waals surface area (Å²) in [5.74, 6) is 0.626. The van der Waals surface area contributed by atoms with Gasteiger partial charge in [-0.25, -0.2) is 0 Å². The Bertz CT molecular complexity index is 563. The molecule has 0 radical (unpaired) electrons. The average Bonchev–Trinajstić information content (AvgIpc) is 2.76. The van der Waals surface area contributed by atoms with Crippen LogP contribution in [-0.2, 0) is 6.42 Å². The molecule has 0 bridgehead atoms. The maximum Gasteiger partial charge on any atom is 0.119 e. The Kier molecular flexibility index (Phi) is 2.56. The molecule has 0 amide bonds. The number of benzene rings is 2. The lowest BCUT2D eigenvalue weighted by Crippen LogP contribution is -1.96. The third-order valence-corrected chi connectivity index (χ3v) is 3.73. The molecule has 0 fully saturated rings. The number of phenols is 1. The SMILES string of the molecule is Oc1ccc(Cl)cc1C1CCc2ccccc21. The van der Waals surface area contributed by atoms with Crippen molar-refractivity contribution in [2.45, 2.75) is 18.8 Å². The number of rotatable bonds is 1. The number of hydrogen-bond donors (Lipinski definition) is 1. The molecule has 0 spiro atoms. The summed E-state index contributed by atoms with van der Waals surface area (Å²) < 4.78 is 0. The van der Waals surface area contributed by atoms with Crippen LogP contribution in [0.3, 0.4) is 0 Å². The van der Waals surface area contributed by atoms with Gasteiger partial charge in [0.2, 0.25) is 0 Å². The minimum absolute atomic E-state index is 0.282. The lowest BCUT2D eigenvalue weighted by atomic mass is 9.92. The van der Waals surface area contributed by atoms with Crippen molar-refractivity contribution in [3.63, 3.8) is 0 Å². The highest BCUT2D eigenvalue weighted by Crippen LogP contribution is 2.41. The average molecular weight is 245 g/mol. The van der Waals surface area contributed by atoms with Crippen LogP contribution in [-0.4, -0.2) is 5.11 Å². The van der Waals surface area contributed by atoms with Gasteiger partial charge in [0, 0.05) is 16.5 Å². The first kappa shape index (κ1) is 10.7. The highest BCUT2D eigenvalue weighted by atomic mass is 35.5. The zero-order valence-electron chi connectivity index (χ0n) is 9.36. The van der Waals surface area contributed by atoms with Crippen molar-refractivity contribution >= 4 is 11.6 Å². The van der Waals surface area contributed by atoms with E-state index < -0.39 is 0 Å². The molecule has 1 N–H and O–H groups in total. The van der Waals surface area contributed by atoms with E-state index >= 15 is 0 Å². The van der Waals surface area contributed by atoms with Crippen LogP contribution in [0.15, 0.2) is 42.5 Å². The molecule has 1 atom stereocenters. The molecular weight excluding hydrogens is 232 g/mol. The highest BCUT2D eigenvalue weighted by molar-refractivity contribution is 6.30. The molecular formula is C15H13ClO. The van der Waals surface area contributed by atoms with Gasteiger partial charge in [-0.15, -0.1) is 0 Å². The van der Waals surface area contributed by atoms with Gasteiger partial charge >= 0.3 is 0 Å². The molecule has 1 aliphatic carbocycles. The summed E-state index contributed by atoms with van der Waals surface area (Å²) in [6.45, 7) is 0. The Hall–Kier alpha value is -1.47. The largest absolute Gasteiger partial charge is 0.508 e. The third-order valence-electron chi connectivity index (χ3n) is 3.50. The van der Waals surface area contributed by atoms with E-state index in [2.05, 4.69) is 24.3 Å². The molecule has 1 nitrogen and oxygen atoms in total. The minimum Gasteiger partial charge on any atom is -0.508 e. The maximum absolute atomic E-state index is 9.96. The van der Waals surface area contributed by atoms with Crippen molar-refractivity contribution in [1.29, 1.82) is 0 Å². The Balaban J connectivity index is 2.10. The van der Waals surface area contributed by atoms with Gasteiger partial charge in [-0.2, -0.15) is 0 Å². The molecule has 2 aromatic rings. The normalized spacial score (nSPS) is 18.1. The number of aryl methyl sites for hydroxylation is 1. The number of hydrogen-bond acceptors (Lipinski definition) is 1. The summed E-state index contributed by atoms with van der Waals surface area (Å²) in [5, 5.41) is 10.6. The van der Waals surface area contributed by atoms with Crippen molar-refractivity contribution in [2.75, 3.05) is 0 Å². The first-order valence-corrected chi connectivity index (χ1v) is 6.20. The predicted octanol–water partition coefficient (Wildman–Crippen LogP) is 4.12. The molecule has 2 heteroatoms. The van der Waals surface area contributed by atoms with E-state index in [-0.39, 0.29) is 5.92 Å². The summed E-state index contributed by atoms with van der Waals surface area (Å²) in [4.78, 5) is 0. The van der Waals surface area contributed by atoms with Crippen LogP contribution < -0.4 is 0 Å². The summed E-state index contributed by atoms with van der Waals surface area (Å²) in [6.07, 6.45) is 2.13. The number of aromatic hydroxyl groups is 1. The molecule has 17 heavy (non-hydrogen) atoms. The van der Waals surface area contributed by atoms with Gasteiger partial charge in [0.1, 0.15) is 5.75 Å². The Morgan fingerprint density at radius 1 is 1.06 bits per heavy atom. The van der Waals surface area contributed by atoms with Gasteiger partial charge in [-0.1, -0.05) is 35.9 Å². The van der Waals surface area contributed by atoms with E-state index in [0.717, 1.165) is 18.4 Å². The van der Waals surface area contributed by atoms with E-state index in [1.54, 1.807) is 12.1 Å². The lowest BCUT2D eigenvalue weighted by molar-refractivity contribution is 0.464. The van der Waals surface area contributed by atoms with Gasteiger partial charge in [0.05, 0.1) is 0 Å². The third kappa shape index (κ3) is 1.81. The van der Waals surface area contributed by atoms with Crippen LogP contribution in [0.5, 0.6) is 5.75 Å². The molecule has 0 aromatic heterocycles. The van der Waals surface area contributed by atoms with Crippen molar-refractivity contribution in [3.05, 3.63) is 64.2 Å². The zero-order valence-corrected chi connectivity index (χ0v) is 10.1. The summed E-state index contributed by atoms with van der Waals surface area (Å²) >= 11 is 6.01. The molecule has 86 valence electrons. The van der Waals surface area contributed by atoms with E-state index in [4.69, 9.17) is 11.6 Å². The topological polar surface area (TPSA) is 20.2 Å². The molecule has 3 rings (SSSR count). The number of halogens is 1. The van der Waals surface area contributed by atoms with Crippen LogP contribution in [0.2, 0.25) is 5.02 Å². The Labute approximate surface area is 106 Å². The van der Waals surface area contributed by atoms with Crippen molar-refractivity contribution < 1.29 is 5.11 Å². The van der Waals surface area contributed by atoms with Crippen LogP contribution in [0.4, 0.5) is 0 Å². The van der Waals surface area contributed by atoms with Gasteiger partial charge < -0.3 is 5.11 Å². The minimum atomic E-state index is 0.282. The number of fused-ring (bicyclic) bond motifs is 1. The zero-order chi connectivity index (χ0) is 11.8. The second-order valence-electron chi connectivity index (χ2n) is 4.49. The van der Waals surface area contributed by atoms with E-state index in [9.17, 15) is 5.11 Å². The van der Waals surface area contributed by atoms with E-state index in [1.807, 2.05) is 6.07 Å². The molecule has 0 heterocycles. The van der Waals surface area contributed by atoms with Gasteiger partial charge in [0.15, 0.2) is 0 Å². The van der Waals surface area contributed by atoms with Crippen molar-refractivity contribution in [2.24, 2.45) is 0 Å². The summed E-state index contributed by atoms with van der Waals surface area (Å²) in [6, 6.07) is 13.7. The van der Waals surface area contributed by atoms with Crippen molar-refractivity contribution in [3.8, 4) is 5.75 Å². The van der Waals surface area contributed by atoms with Gasteiger partial charge in [0.25, 0.3) is 0 Å². The number of phenolic OH excluding ortho intramolecular Hbond substituents is 1. The lowest BCUT2D eigenvalue weighted by Gasteiger charge is -2.14. The first-order valence-electron chi connectivity index (χ1n) is 5.82. The Morgan fingerprint density at radius 2 is 1.88 bits per heavy atom. The summed E-state index contributed by atoms with van der Waals surface area (Å²) in [7, 11) is 0. The van der Waals surface area contributed by atoms with Crippen molar-refractivity contribution in [1.82, 2.24) is 0 Å². The van der Waals surface area contributed by atoms with Gasteiger partial charge in [-0.05, 0) is 42.2 Å². The second-order valence-corrected chi connectivity index (χ2v) is 4.93. The molecule has 2 aromatic carbocycles. The molecule has 0 saturated carbocycles. The van der Waals surface area contributed by atoms with E-state index in [0.29, 0.717) is 10.8 Å². The Morgan fingerprint density at radius 3 is 2.76 bits per heavy atom. The molecule has 0 aliphatic heterocycles. The quantitative estimate of drug-likeness (QED) is 0.800. The predicted molar refractivity (Wildman–Crippen MR) is 69.7 cm³/mol. The smallest absolute Gasteiger partial charge is 0.119 e. The molecule has 1 unspecified atom stereocenters. The van der Waals surface area contributed by atoms with Crippen LogP contribution >= 0.6 is 11.6 Å². The second kappa shape index (κ2) is 4.08. The summed E-state index contributed by atoms with van der Waals surface area (Å²) in [5.41, 5.74) is 3.66. The maximum atomic E-state index is 9.96. The fraction of sp³-hybridized carbons (Fsp3) is 0.200. The van der Waals surface area contributed by atoms with Gasteiger partial charge in [-0.3, -0.25) is 0 Å². The van der Waals surface area contributed by atoms with Crippen LogP contribution in [0.25, 0.3) is 0 Å². The highest BCUT2D eigenvalue weighted by Gasteiger charge is 2.25. The molecule has 0 saturated heterocycles. The first-order chi connectivity index (χ1) is 8.25. The fourth-order valence-electron chi connectivity index (χ4n) is 2.68. The van der Waals surface area contributed by atoms with E-state index in [1.165, 1.54) is 11.1 Å². The monoisotopic (exact) mass is 244 g/mol.